The number of thiazole rings is 1. The van der Waals surface area contributed by atoms with Crippen LogP contribution in [0, 0.1) is 6.92 Å². The number of fused-ring (bicyclic) bond motifs is 1. The molecule has 4 rings (SSSR count). The number of hydrogen-bond donors (Lipinski definition) is 0. The van der Waals surface area contributed by atoms with Gasteiger partial charge in [0, 0.05) is 42.2 Å². The monoisotopic (exact) mass is 447 g/mol. The van der Waals surface area contributed by atoms with E-state index >= 15 is 0 Å². The van der Waals surface area contributed by atoms with Crippen LogP contribution >= 0.6 is 34.3 Å². The number of aryl methyl sites for hydroxylation is 1. The summed E-state index contributed by atoms with van der Waals surface area (Å²) in [7, 11) is 0. The molecule has 2 aromatic heterocycles. The summed E-state index contributed by atoms with van der Waals surface area (Å²) in [6, 6.07) is 7.79. The molecule has 0 radical (unpaired) electrons. The summed E-state index contributed by atoms with van der Waals surface area (Å²) in [5.41, 5.74) is 1.92. The van der Waals surface area contributed by atoms with Crippen LogP contribution in [0.4, 0.5) is 5.13 Å². The van der Waals surface area contributed by atoms with Crippen LogP contribution in [0.3, 0.4) is 0 Å². The maximum absolute atomic E-state index is 13.1. The summed E-state index contributed by atoms with van der Waals surface area (Å²) in [5.74, 6) is -0.0607. The number of thiophene rings is 1. The molecule has 1 amide bonds. The number of carbonyl (C=O) groups excluding carboxylic acids is 1. The fraction of sp³-hybridized carbons (Fsp3) is 0.333. The zero-order chi connectivity index (χ0) is 20.2. The highest BCUT2D eigenvalue weighted by Gasteiger charge is 2.20. The van der Waals surface area contributed by atoms with Crippen molar-refractivity contribution < 1.29 is 9.53 Å². The van der Waals surface area contributed by atoms with Crippen LogP contribution in [0.5, 0.6) is 0 Å². The Kier molecular flexibility index (Phi) is 6.62. The molecule has 1 aromatic carbocycles. The van der Waals surface area contributed by atoms with Gasteiger partial charge in [-0.15, -0.1) is 11.3 Å². The molecule has 3 aromatic rings. The number of hydrogen-bond acceptors (Lipinski definition) is 6. The lowest BCUT2D eigenvalue weighted by Crippen LogP contribution is -2.42. The van der Waals surface area contributed by atoms with Gasteiger partial charge in [-0.3, -0.25) is 14.6 Å². The quantitative estimate of drug-likeness (QED) is 0.514. The van der Waals surface area contributed by atoms with Gasteiger partial charge in [0.1, 0.15) is 0 Å². The molecule has 0 saturated carbocycles. The van der Waals surface area contributed by atoms with Crippen molar-refractivity contribution >= 4 is 61.6 Å². The van der Waals surface area contributed by atoms with Crippen LogP contribution in [0.1, 0.15) is 10.4 Å². The van der Waals surface area contributed by atoms with Gasteiger partial charge in [0.2, 0.25) is 0 Å². The molecular weight excluding hydrogens is 426 g/mol. The average Bonchev–Trinajstić information content (AvgIpc) is 3.37. The fourth-order valence-corrected chi connectivity index (χ4v) is 5.32. The Balaban J connectivity index is 1.59. The van der Waals surface area contributed by atoms with Crippen LogP contribution in [0.25, 0.3) is 16.3 Å². The van der Waals surface area contributed by atoms with E-state index in [0.717, 1.165) is 53.5 Å². The second-order valence-electron chi connectivity index (χ2n) is 6.86. The van der Waals surface area contributed by atoms with Gasteiger partial charge in [0.25, 0.3) is 5.91 Å². The molecule has 3 heterocycles. The highest BCUT2D eigenvalue weighted by Crippen LogP contribution is 2.33. The fourth-order valence-electron chi connectivity index (χ4n) is 3.25. The van der Waals surface area contributed by atoms with Gasteiger partial charge in [-0.2, -0.15) is 0 Å². The Morgan fingerprint density at radius 2 is 2.21 bits per heavy atom. The first-order valence-corrected chi connectivity index (χ1v) is 11.6. The Morgan fingerprint density at radius 1 is 1.38 bits per heavy atom. The van der Waals surface area contributed by atoms with Crippen LogP contribution < -0.4 is 4.90 Å². The third-order valence-electron chi connectivity index (χ3n) is 4.81. The number of amides is 1. The number of ether oxygens (including phenoxy) is 1. The van der Waals surface area contributed by atoms with Crippen LogP contribution in [-0.2, 0) is 9.53 Å². The van der Waals surface area contributed by atoms with Crippen LogP contribution in [-0.4, -0.2) is 55.2 Å². The van der Waals surface area contributed by atoms with Crippen molar-refractivity contribution in [1.29, 1.82) is 0 Å². The summed E-state index contributed by atoms with van der Waals surface area (Å²) < 4.78 is 6.42. The topological polar surface area (TPSA) is 45.7 Å². The first kappa shape index (κ1) is 20.5. The summed E-state index contributed by atoms with van der Waals surface area (Å²) in [6.45, 7) is 6.63. The molecule has 1 aliphatic rings. The van der Waals surface area contributed by atoms with Gasteiger partial charge >= 0.3 is 0 Å². The van der Waals surface area contributed by atoms with E-state index in [-0.39, 0.29) is 5.91 Å². The lowest BCUT2D eigenvalue weighted by atomic mass is 10.2. The maximum Gasteiger partial charge on any atom is 0.252 e. The van der Waals surface area contributed by atoms with E-state index in [2.05, 4.69) is 4.90 Å². The molecule has 29 heavy (non-hydrogen) atoms. The number of anilines is 1. The second kappa shape index (κ2) is 9.36. The lowest BCUT2D eigenvalue weighted by Gasteiger charge is -2.28. The van der Waals surface area contributed by atoms with Crippen molar-refractivity contribution in [3.05, 3.63) is 51.2 Å². The van der Waals surface area contributed by atoms with Crippen molar-refractivity contribution in [2.75, 3.05) is 44.3 Å². The molecule has 1 fully saturated rings. The standard InChI is InChI=1S/C21H22ClN3O2S2/c1-15-13-16(22)14-18-20(15)23-21(29-18)25(7-6-24-8-10-27-11-9-24)19(26)5-4-17-3-2-12-28-17/h2-5,12-14H,6-11H2,1H3/b5-4+. The zero-order valence-electron chi connectivity index (χ0n) is 16.1. The van der Waals surface area contributed by atoms with Gasteiger partial charge < -0.3 is 4.74 Å². The molecule has 5 nitrogen and oxygen atoms in total. The number of halogens is 1. The summed E-state index contributed by atoms with van der Waals surface area (Å²) in [6.07, 6.45) is 3.50. The maximum atomic E-state index is 13.1. The van der Waals surface area contributed by atoms with E-state index in [4.69, 9.17) is 21.3 Å². The average molecular weight is 448 g/mol. The van der Waals surface area contributed by atoms with Crippen LogP contribution in [0.15, 0.2) is 35.7 Å². The first-order valence-electron chi connectivity index (χ1n) is 9.50. The number of benzene rings is 1. The molecule has 0 spiro atoms. The smallest absolute Gasteiger partial charge is 0.252 e. The van der Waals surface area contributed by atoms with Crippen molar-refractivity contribution in [3.8, 4) is 0 Å². The van der Waals surface area contributed by atoms with Gasteiger partial charge in [-0.1, -0.05) is 29.0 Å². The van der Waals surface area contributed by atoms with E-state index in [0.29, 0.717) is 16.7 Å². The summed E-state index contributed by atoms with van der Waals surface area (Å²) >= 11 is 9.33. The van der Waals surface area contributed by atoms with Crippen LogP contribution in [0.2, 0.25) is 5.02 Å². The molecule has 0 unspecified atom stereocenters. The minimum Gasteiger partial charge on any atom is -0.379 e. The van der Waals surface area contributed by atoms with E-state index in [1.807, 2.05) is 42.6 Å². The SMILES string of the molecule is Cc1cc(Cl)cc2sc(N(CCN3CCOCC3)C(=O)/C=C/c3cccs3)nc12. The molecule has 0 aliphatic carbocycles. The summed E-state index contributed by atoms with van der Waals surface area (Å²) in [5, 5.41) is 3.40. The third-order valence-corrected chi connectivity index (χ3v) is 6.89. The predicted octanol–water partition coefficient (Wildman–Crippen LogP) is 4.70. The number of nitrogens with zero attached hydrogens (tertiary/aromatic N) is 3. The normalized spacial score (nSPS) is 15.4. The number of morpholine rings is 1. The van der Waals surface area contributed by atoms with E-state index in [1.54, 1.807) is 22.3 Å². The van der Waals surface area contributed by atoms with Crippen molar-refractivity contribution in [2.24, 2.45) is 0 Å². The number of carbonyl (C=O) groups is 1. The first-order chi connectivity index (χ1) is 14.1. The van der Waals surface area contributed by atoms with E-state index in [1.165, 1.54) is 11.3 Å². The second-order valence-corrected chi connectivity index (χ2v) is 9.28. The van der Waals surface area contributed by atoms with Crippen molar-refractivity contribution in [3.63, 3.8) is 0 Å². The van der Waals surface area contributed by atoms with Gasteiger partial charge in [0.15, 0.2) is 5.13 Å². The number of aromatic nitrogens is 1. The van der Waals surface area contributed by atoms with Crippen molar-refractivity contribution in [2.45, 2.75) is 6.92 Å². The zero-order valence-corrected chi connectivity index (χ0v) is 18.5. The summed E-state index contributed by atoms with van der Waals surface area (Å²) in [4.78, 5) is 23.0. The minimum atomic E-state index is -0.0607. The highest BCUT2D eigenvalue weighted by atomic mass is 35.5. The molecule has 0 bridgehead atoms. The van der Waals surface area contributed by atoms with E-state index < -0.39 is 0 Å². The molecule has 152 valence electrons. The minimum absolute atomic E-state index is 0.0607. The third kappa shape index (κ3) is 5.05. The van der Waals surface area contributed by atoms with Gasteiger partial charge in [-0.25, -0.2) is 4.98 Å². The van der Waals surface area contributed by atoms with Gasteiger partial charge in [-0.05, 0) is 42.1 Å². The largest absolute Gasteiger partial charge is 0.379 e. The Labute approximate surface area is 183 Å². The Bertz CT molecular complexity index is 1010. The lowest BCUT2D eigenvalue weighted by molar-refractivity contribution is -0.114. The Morgan fingerprint density at radius 3 is 2.97 bits per heavy atom. The molecule has 1 aliphatic heterocycles. The molecular formula is C21H22ClN3O2S2. The predicted molar refractivity (Wildman–Crippen MR) is 122 cm³/mol. The van der Waals surface area contributed by atoms with E-state index in [9.17, 15) is 4.79 Å². The molecule has 1 saturated heterocycles. The highest BCUT2D eigenvalue weighted by molar-refractivity contribution is 7.22. The number of rotatable bonds is 6. The van der Waals surface area contributed by atoms with Crippen molar-refractivity contribution in [1.82, 2.24) is 9.88 Å². The molecule has 0 N–H and O–H groups in total. The van der Waals surface area contributed by atoms with Gasteiger partial charge in [0.05, 0.1) is 23.4 Å². The Hall–Kier alpha value is -1.77. The molecule has 0 atom stereocenters. The molecule has 8 heteroatoms.